The number of rotatable bonds is 6. The molecule has 7 heteroatoms. The highest BCUT2D eigenvalue weighted by Crippen LogP contribution is 2.39. The molecule has 1 N–H and O–H groups in total. The molecule has 0 saturated carbocycles. The number of piperidine rings is 1. The minimum atomic E-state index is -0.983. The van der Waals surface area contributed by atoms with Crippen LogP contribution in [-0.2, 0) is 9.53 Å². The topological polar surface area (TPSA) is 50.8 Å². The number of hydrogen-bond acceptors (Lipinski definition) is 4. The van der Waals surface area contributed by atoms with Crippen molar-refractivity contribution in [1.82, 2.24) is 10.2 Å². The molecule has 1 amide bonds. The fourth-order valence-corrected chi connectivity index (χ4v) is 4.13. The average molecular weight is 451 g/mol. The van der Waals surface area contributed by atoms with Crippen molar-refractivity contribution >= 4 is 29.9 Å². The standard InChI is InChI=1S/C23H27ClN2O3.ClH/c24-18-10-11-20-19(16-18)21(17-8-3-1-4-9-17)29-23(28-20)22(27)25-12-7-15-26-13-5-2-6-14-26;/h1,3-4,8-11,16,21,23H,2,5-7,12-15H2,(H,25,27);1H/t21-,23-;/m0./s1. The summed E-state index contributed by atoms with van der Waals surface area (Å²) in [5.41, 5.74) is 1.79. The maximum absolute atomic E-state index is 12.7. The van der Waals surface area contributed by atoms with Gasteiger partial charge in [0, 0.05) is 17.1 Å². The van der Waals surface area contributed by atoms with Crippen molar-refractivity contribution in [2.75, 3.05) is 26.2 Å². The number of likely N-dealkylation sites (tertiary alicyclic amines) is 1. The molecule has 2 aromatic rings. The van der Waals surface area contributed by atoms with Crippen molar-refractivity contribution < 1.29 is 14.3 Å². The van der Waals surface area contributed by atoms with Gasteiger partial charge in [0.25, 0.3) is 12.2 Å². The first-order chi connectivity index (χ1) is 14.2. The average Bonchev–Trinajstić information content (AvgIpc) is 2.77. The molecule has 1 saturated heterocycles. The van der Waals surface area contributed by atoms with E-state index in [1.807, 2.05) is 36.4 Å². The molecule has 0 unspecified atom stereocenters. The number of carbonyl (C=O) groups excluding carboxylic acids is 1. The molecular formula is C23H28Cl2N2O3. The molecule has 2 atom stereocenters. The van der Waals surface area contributed by atoms with Gasteiger partial charge < -0.3 is 19.7 Å². The van der Waals surface area contributed by atoms with Crippen molar-refractivity contribution in [3.8, 4) is 5.75 Å². The number of fused-ring (bicyclic) bond motifs is 1. The quantitative estimate of drug-likeness (QED) is 0.654. The SMILES string of the molecule is Cl.O=C(NCCCN1CCCCC1)[C@H]1Oc2ccc(Cl)cc2[C@H](c2ccccc2)O1. The first kappa shape index (κ1) is 22.9. The lowest BCUT2D eigenvalue weighted by atomic mass is 9.99. The molecule has 0 spiro atoms. The molecule has 162 valence electrons. The number of hydrogen-bond donors (Lipinski definition) is 1. The number of carbonyl (C=O) groups is 1. The Balaban J connectivity index is 0.00000256. The maximum Gasteiger partial charge on any atom is 0.289 e. The largest absolute Gasteiger partial charge is 0.455 e. The predicted molar refractivity (Wildman–Crippen MR) is 120 cm³/mol. The van der Waals surface area contributed by atoms with Crippen molar-refractivity contribution in [2.45, 2.75) is 38.1 Å². The van der Waals surface area contributed by atoms with Gasteiger partial charge in [-0.3, -0.25) is 4.79 Å². The Morgan fingerprint density at radius 1 is 1.10 bits per heavy atom. The van der Waals surface area contributed by atoms with Crippen LogP contribution < -0.4 is 10.1 Å². The van der Waals surface area contributed by atoms with Crippen LogP contribution in [0.15, 0.2) is 48.5 Å². The van der Waals surface area contributed by atoms with Gasteiger partial charge >= 0.3 is 0 Å². The molecule has 2 aromatic carbocycles. The van der Waals surface area contributed by atoms with E-state index in [4.69, 9.17) is 21.1 Å². The molecule has 2 heterocycles. The molecule has 0 bridgehead atoms. The van der Waals surface area contributed by atoms with Crippen LogP contribution in [0.4, 0.5) is 0 Å². The molecule has 0 radical (unpaired) electrons. The first-order valence-corrected chi connectivity index (χ1v) is 10.7. The molecule has 2 aliphatic heterocycles. The third-order valence-corrected chi connectivity index (χ3v) is 5.70. The molecule has 4 rings (SSSR count). The van der Waals surface area contributed by atoms with E-state index in [-0.39, 0.29) is 18.3 Å². The summed E-state index contributed by atoms with van der Waals surface area (Å²) in [5.74, 6) is 0.383. The fourth-order valence-electron chi connectivity index (χ4n) is 3.95. The second kappa shape index (κ2) is 11.0. The van der Waals surface area contributed by atoms with E-state index in [1.165, 1.54) is 32.4 Å². The first-order valence-electron chi connectivity index (χ1n) is 10.4. The fraction of sp³-hybridized carbons (Fsp3) is 0.435. The molecule has 5 nitrogen and oxygen atoms in total. The van der Waals surface area contributed by atoms with Gasteiger partial charge in [0.15, 0.2) is 0 Å². The number of halogens is 2. The second-order valence-electron chi connectivity index (χ2n) is 7.61. The number of amides is 1. The van der Waals surface area contributed by atoms with Gasteiger partial charge in [0.05, 0.1) is 0 Å². The van der Waals surface area contributed by atoms with Gasteiger partial charge in [0.2, 0.25) is 0 Å². The lowest BCUT2D eigenvalue weighted by Crippen LogP contribution is -2.44. The van der Waals surface area contributed by atoms with Gasteiger partial charge in [0.1, 0.15) is 11.9 Å². The maximum atomic E-state index is 12.7. The van der Waals surface area contributed by atoms with Crippen molar-refractivity contribution in [3.63, 3.8) is 0 Å². The number of benzene rings is 2. The summed E-state index contributed by atoms with van der Waals surface area (Å²) >= 11 is 6.18. The summed E-state index contributed by atoms with van der Waals surface area (Å²) in [6, 6.07) is 15.2. The van der Waals surface area contributed by atoms with Crippen LogP contribution in [0.2, 0.25) is 5.02 Å². The summed E-state index contributed by atoms with van der Waals surface area (Å²) in [6.45, 7) is 3.96. The minimum absolute atomic E-state index is 0. The van der Waals surface area contributed by atoms with Gasteiger partial charge in [-0.1, -0.05) is 48.4 Å². The van der Waals surface area contributed by atoms with E-state index >= 15 is 0 Å². The molecular weight excluding hydrogens is 423 g/mol. The summed E-state index contributed by atoms with van der Waals surface area (Å²) in [6.07, 6.45) is 3.43. The lowest BCUT2D eigenvalue weighted by Gasteiger charge is -2.32. The molecule has 0 aliphatic carbocycles. The van der Waals surface area contributed by atoms with Crippen LogP contribution in [0.5, 0.6) is 5.75 Å². The van der Waals surface area contributed by atoms with Crippen LogP contribution in [0.1, 0.15) is 42.9 Å². The Kier molecular flexibility index (Phi) is 8.40. The zero-order chi connectivity index (χ0) is 20.1. The summed E-state index contributed by atoms with van der Waals surface area (Å²) in [5, 5.41) is 3.57. The Labute approximate surface area is 189 Å². The normalized spacial score (nSPS) is 21.1. The number of ether oxygens (including phenoxy) is 2. The Hall–Kier alpha value is -1.79. The minimum Gasteiger partial charge on any atom is -0.455 e. The number of nitrogens with one attached hydrogen (secondary N) is 1. The third kappa shape index (κ3) is 5.67. The van der Waals surface area contributed by atoms with Gasteiger partial charge in [-0.2, -0.15) is 0 Å². The van der Waals surface area contributed by atoms with E-state index in [2.05, 4.69) is 10.2 Å². The monoisotopic (exact) mass is 450 g/mol. The highest BCUT2D eigenvalue weighted by atomic mass is 35.5. The van der Waals surface area contributed by atoms with E-state index in [1.54, 1.807) is 12.1 Å². The van der Waals surface area contributed by atoms with Crippen molar-refractivity contribution in [3.05, 3.63) is 64.7 Å². The summed E-state index contributed by atoms with van der Waals surface area (Å²) < 4.78 is 11.9. The Morgan fingerprint density at radius 3 is 2.63 bits per heavy atom. The highest BCUT2D eigenvalue weighted by Gasteiger charge is 2.34. The zero-order valence-electron chi connectivity index (χ0n) is 16.9. The van der Waals surface area contributed by atoms with Crippen molar-refractivity contribution in [2.24, 2.45) is 0 Å². The smallest absolute Gasteiger partial charge is 0.289 e. The third-order valence-electron chi connectivity index (χ3n) is 5.46. The zero-order valence-corrected chi connectivity index (χ0v) is 18.5. The molecule has 1 fully saturated rings. The van der Waals surface area contributed by atoms with Crippen LogP contribution in [0.3, 0.4) is 0 Å². The molecule has 2 aliphatic rings. The van der Waals surface area contributed by atoms with Gasteiger partial charge in [-0.15, -0.1) is 12.4 Å². The molecule has 30 heavy (non-hydrogen) atoms. The van der Waals surface area contributed by atoms with E-state index in [0.717, 1.165) is 24.1 Å². The van der Waals surface area contributed by atoms with Gasteiger partial charge in [-0.05, 0) is 62.7 Å². The predicted octanol–water partition coefficient (Wildman–Crippen LogP) is 4.58. The van der Waals surface area contributed by atoms with Crippen molar-refractivity contribution in [1.29, 1.82) is 0 Å². The number of nitrogens with zero attached hydrogens (tertiary/aromatic N) is 1. The Morgan fingerprint density at radius 2 is 1.87 bits per heavy atom. The Bertz CT molecular complexity index is 828. The summed E-state index contributed by atoms with van der Waals surface area (Å²) in [4.78, 5) is 15.2. The van der Waals surface area contributed by atoms with Gasteiger partial charge in [-0.25, -0.2) is 0 Å². The van der Waals surface area contributed by atoms with E-state index in [0.29, 0.717) is 17.3 Å². The second-order valence-corrected chi connectivity index (χ2v) is 8.04. The van der Waals surface area contributed by atoms with Crippen LogP contribution in [0, 0.1) is 0 Å². The van der Waals surface area contributed by atoms with Crippen LogP contribution >= 0.6 is 24.0 Å². The van der Waals surface area contributed by atoms with Crippen LogP contribution in [0.25, 0.3) is 0 Å². The van der Waals surface area contributed by atoms with E-state index < -0.39 is 12.4 Å². The highest BCUT2D eigenvalue weighted by molar-refractivity contribution is 6.30. The van der Waals surface area contributed by atoms with Crippen LogP contribution in [-0.4, -0.2) is 43.3 Å². The van der Waals surface area contributed by atoms with E-state index in [9.17, 15) is 4.79 Å². The lowest BCUT2D eigenvalue weighted by molar-refractivity contribution is -0.165. The summed E-state index contributed by atoms with van der Waals surface area (Å²) in [7, 11) is 0. The molecule has 0 aromatic heterocycles.